The van der Waals surface area contributed by atoms with Crippen molar-refractivity contribution in [1.29, 1.82) is 0 Å². The molecule has 0 fully saturated rings. The molecular formula is C18H17N3O3S2. The Morgan fingerprint density at radius 3 is 2.85 bits per heavy atom. The number of nitrogens with zero attached hydrogens (tertiary/aromatic N) is 2. The summed E-state index contributed by atoms with van der Waals surface area (Å²) < 4.78 is 2.00. The van der Waals surface area contributed by atoms with Gasteiger partial charge in [-0.2, -0.15) is 0 Å². The van der Waals surface area contributed by atoms with Crippen LogP contribution < -0.4 is 5.32 Å². The summed E-state index contributed by atoms with van der Waals surface area (Å²) in [6, 6.07) is 11.2. The lowest BCUT2D eigenvalue weighted by Gasteiger charge is -2.05. The van der Waals surface area contributed by atoms with Crippen LogP contribution in [0.15, 0.2) is 46.8 Å². The molecule has 1 heterocycles. The van der Waals surface area contributed by atoms with Gasteiger partial charge in [-0.1, -0.05) is 31.7 Å². The van der Waals surface area contributed by atoms with Crippen LogP contribution in [0.3, 0.4) is 0 Å². The van der Waals surface area contributed by atoms with Crippen molar-refractivity contribution in [2.45, 2.75) is 18.2 Å². The van der Waals surface area contributed by atoms with Crippen LogP contribution >= 0.6 is 23.1 Å². The number of non-ortho nitro benzene ring substituents is 1. The third-order valence-electron chi connectivity index (χ3n) is 3.49. The molecule has 2 aromatic carbocycles. The lowest BCUT2D eigenvalue weighted by atomic mass is 10.2. The highest BCUT2D eigenvalue weighted by Gasteiger charge is 2.13. The lowest BCUT2D eigenvalue weighted by molar-refractivity contribution is -0.384. The Bertz CT molecular complexity index is 969. The minimum absolute atomic E-state index is 0.109. The van der Waals surface area contributed by atoms with Gasteiger partial charge in [0.1, 0.15) is 0 Å². The Hall–Kier alpha value is -2.45. The second kappa shape index (κ2) is 7.84. The smallest absolute Gasteiger partial charge is 0.270 e. The third-order valence-corrected chi connectivity index (χ3v) is 6.07. The first-order valence-corrected chi connectivity index (χ1v) is 9.82. The molecule has 0 aliphatic carbocycles. The maximum atomic E-state index is 12.4. The van der Waals surface area contributed by atoms with E-state index in [9.17, 15) is 14.9 Å². The van der Waals surface area contributed by atoms with E-state index < -0.39 is 4.92 Å². The van der Waals surface area contributed by atoms with Gasteiger partial charge in [0.2, 0.25) is 0 Å². The molecule has 0 aliphatic rings. The van der Waals surface area contributed by atoms with Crippen molar-refractivity contribution in [3.05, 3.63) is 58.1 Å². The first-order valence-electron chi connectivity index (χ1n) is 8.01. The molecule has 3 aromatic rings. The molecule has 0 saturated carbocycles. The van der Waals surface area contributed by atoms with E-state index in [2.05, 4.69) is 24.1 Å². The molecule has 0 unspecified atom stereocenters. The number of benzene rings is 2. The minimum Gasteiger partial charge on any atom is -0.322 e. The van der Waals surface area contributed by atoms with Gasteiger partial charge in [-0.15, -0.1) is 11.3 Å². The van der Waals surface area contributed by atoms with E-state index in [1.54, 1.807) is 35.2 Å². The maximum Gasteiger partial charge on any atom is 0.270 e. The van der Waals surface area contributed by atoms with E-state index in [4.69, 9.17) is 0 Å². The average Bonchev–Trinajstić information content (AvgIpc) is 3.02. The number of thiazole rings is 1. The number of nitrogens with one attached hydrogen (secondary N) is 1. The van der Waals surface area contributed by atoms with Gasteiger partial charge in [-0.3, -0.25) is 14.9 Å². The van der Waals surface area contributed by atoms with Gasteiger partial charge in [0.25, 0.3) is 11.6 Å². The van der Waals surface area contributed by atoms with E-state index in [0.717, 1.165) is 20.3 Å². The molecule has 8 heteroatoms. The summed E-state index contributed by atoms with van der Waals surface area (Å²) in [7, 11) is 0. The number of carbonyl (C=O) groups is 1. The molecule has 0 saturated heterocycles. The normalized spacial score (nSPS) is 11.0. The molecule has 0 aliphatic heterocycles. The number of amides is 1. The van der Waals surface area contributed by atoms with Gasteiger partial charge < -0.3 is 5.32 Å². The Morgan fingerprint density at radius 2 is 2.12 bits per heavy atom. The monoisotopic (exact) mass is 387 g/mol. The number of hydrogen-bond donors (Lipinski definition) is 1. The molecule has 26 heavy (non-hydrogen) atoms. The highest BCUT2D eigenvalue weighted by atomic mass is 32.2. The van der Waals surface area contributed by atoms with Gasteiger partial charge in [-0.25, -0.2) is 4.98 Å². The van der Waals surface area contributed by atoms with Crippen LogP contribution in [-0.4, -0.2) is 21.6 Å². The molecule has 1 N–H and O–H groups in total. The van der Waals surface area contributed by atoms with E-state index >= 15 is 0 Å². The first kappa shape index (κ1) is 18.3. The topological polar surface area (TPSA) is 85.1 Å². The summed E-state index contributed by atoms with van der Waals surface area (Å²) in [5.74, 6) is 1.22. The third kappa shape index (κ3) is 4.39. The summed E-state index contributed by atoms with van der Waals surface area (Å²) in [4.78, 5) is 27.3. The van der Waals surface area contributed by atoms with E-state index in [1.807, 2.05) is 12.1 Å². The minimum atomic E-state index is -0.517. The number of nitro groups is 1. The molecule has 3 rings (SSSR count). The van der Waals surface area contributed by atoms with E-state index in [-0.39, 0.29) is 17.2 Å². The molecule has 0 atom stereocenters. The number of fused-ring (bicyclic) bond motifs is 1. The van der Waals surface area contributed by atoms with Crippen LogP contribution in [0.4, 0.5) is 11.4 Å². The second-order valence-corrected chi connectivity index (χ2v) is 8.43. The van der Waals surface area contributed by atoms with Crippen LogP contribution in [0.25, 0.3) is 10.2 Å². The molecule has 1 aromatic heterocycles. The number of carbonyl (C=O) groups excluding carboxylic acids is 1. The Labute approximate surface area is 158 Å². The van der Waals surface area contributed by atoms with Gasteiger partial charge >= 0.3 is 0 Å². The molecule has 0 bridgehead atoms. The number of aromatic nitrogens is 1. The van der Waals surface area contributed by atoms with Crippen molar-refractivity contribution >= 4 is 50.6 Å². The zero-order valence-electron chi connectivity index (χ0n) is 14.3. The van der Waals surface area contributed by atoms with E-state index in [0.29, 0.717) is 11.6 Å². The number of hydrogen-bond acceptors (Lipinski definition) is 6. The average molecular weight is 387 g/mol. The van der Waals surface area contributed by atoms with Crippen LogP contribution in [0, 0.1) is 16.0 Å². The van der Waals surface area contributed by atoms with Gasteiger partial charge in [0, 0.05) is 29.1 Å². The molecular weight excluding hydrogens is 370 g/mol. The number of thioether (sulfide) groups is 1. The van der Waals surface area contributed by atoms with Crippen molar-refractivity contribution in [1.82, 2.24) is 4.98 Å². The highest BCUT2D eigenvalue weighted by Crippen LogP contribution is 2.32. The quantitative estimate of drug-likeness (QED) is 0.357. The summed E-state index contributed by atoms with van der Waals surface area (Å²) in [6.45, 7) is 4.34. The summed E-state index contributed by atoms with van der Waals surface area (Å²) >= 11 is 3.33. The van der Waals surface area contributed by atoms with Gasteiger partial charge in [0.05, 0.1) is 15.1 Å². The predicted octanol–water partition coefficient (Wildman–Crippen LogP) is 5.20. The van der Waals surface area contributed by atoms with Crippen molar-refractivity contribution in [2.24, 2.45) is 5.92 Å². The molecule has 0 radical (unpaired) electrons. The van der Waals surface area contributed by atoms with Gasteiger partial charge in [0.15, 0.2) is 4.34 Å². The number of rotatable bonds is 6. The summed E-state index contributed by atoms with van der Waals surface area (Å²) in [5, 5.41) is 13.6. The van der Waals surface area contributed by atoms with Crippen LogP contribution in [0.2, 0.25) is 0 Å². The Kier molecular flexibility index (Phi) is 5.53. The largest absolute Gasteiger partial charge is 0.322 e. The molecule has 134 valence electrons. The number of nitro benzene ring substituents is 1. The Morgan fingerprint density at radius 1 is 1.31 bits per heavy atom. The van der Waals surface area contributed by atoms with Gasteiger partial charge in [-0.05, 0) is 30.2 Å². The fraction of sp³-hybridized carbons (Fsp3) is 0.222. The van der Waals surface area contributed by atoms with Crippen molar-refractivity contribution in [3.8, 4) is 0 Å². The summed E-state index contributed by atoms with van der Waals surface area (Å²) in [6.07, 6.45) is 0. The number of anilines is 1. The van der Waals surface area contributed by atoms with Crippen LogP contribution in [0.5, 0.6) is 0 Å². The maximum absolute atomic E-state index is 12.4. The van der Waals surface area contributed by atoms with E-state index in [1.165, 1.54) is 18.2 Å². The van der Waals surface area contributed by atoms with Crippen molar-refractivity contribution in [3.63, 3.8) is 0 Å². The molecule has 1 amide bonds. The standard InChI is InChI=1S/C18H17N3O3S2/c1-11(2)10-25-18-20-15-7-6-13(9-16(15)26-18)19-17(22)12-4-3-5-14(8-12)21(23)24/h3-9,11H,10H2,1-2H3,(H,19,22). The fourth-order valence-corrected chi connectivity index (χ4v) is 4.33. The lowest BCUT2D eigenvalue weighted by Crippen LogP contribution is -2.11. The molecule has 6 nitrogen and oxygen atoms in total. The fourth-order valence-electron chi connectivity index (χ4n) is 2.24. The second-order valence-electron chi connectivity index (χ2n) is 6.13. The zero-order valence-corrected chi connectivity index (χ0v) is 15.9. The van der Waals surface area contributed by atoms with Crippen molar-refractivity contribution in [2.75, 3.05) is 11.1 Å². The zero-order chi connectivity index (χ0) is 18.7. The van der Waals surface area contributed by atoms with Crippen LogP contribution in [0.1, 0.15) is 24.2 Å². The SMILES string of the molecule is CC(C)CSc1nc2ccc(NC(=O)c3cccc([N+](=O)[O-])c3)cc2s1. The summed E-state index contributed by atoms with van der Waals surface area (Å²) in [5.41, 5.74) is 1.67. The highest BCUT2D eigenvalue weighted by molar-refractivity contribution is 8.01. The molecule has 0 spiro atoms. The first-order chi connectivity index (χ1) is 12.4. The predicted molar refractivity (Wildman–Crippen MR) is 106 cm³/mol. The Balaban J connectivity index is 1.77. The van der Waals surface area contributed by atoms with Crippen molar-refractivity contribution < 1.29 is 9.72 Å². The van der Waals surface area contributed by atoms with Crippen LogP contribution in [-0.2, 0) is 0 Å².